The smallest absolute Gasteiger partial charge is 0.258 e. The number of aryl methyl sites for hydroxylation is 2. The zero-order chi connectivity index (χ0) is 15.8. The van der Waals surface area contributed by atoms with E-state index in [-0.39, 0.29) is 18.4 Å². The lowest BCUT2D eigenvalue weighted by Gasteiger charge is -2.38. The van der Waals surface area contributed by atoms with Crippen LogP contribution in [0.25, 0.3) is 0 Å². The highest BCUT2D eigenvalue weighted by Gasteiger charge is 2.40. The number of carbonyl (C=O) groups is 2. The summed E-state index contributed by atoms with van der Waals surface area (Å²) in [6, 6.07) is 0. The molecule has 1 saturated heterocycles. The molecule has 0 radical (unpaired) electrons. The number of hydrogen-bond acceptors (Lipinski definition) is 4. The average molecular weight is 294 g/mol. The molecule has 1 aliphatic heterocycles. The second-order valence-electron chi connectivity index (χ2n) is 5.64. The topological polar surface area (TPSA) is 76.5 Å². The first-order chi connectivity index (χ1) is 9.74. The number of rotatable bonds is 2. The zero-order valence-corrected chi connectivity index (χ0v) is 13.2. The van der Waals surface area contributed by atoms with Crippen LogP contribution in [0.5, 0.6) is 0 Å². The van der Waals surface area contributed by atoms with Crippen molar-refractivity contribution in [2.75, 3.05) is 25.0 Å². The molecular formula is C14H22N4O3. The number of nitrogens with zero attached hydrogens (tertiary/aromatic N) is 3. The molecular weight excluding hydrogens is 272 g/mol. The lowest BCUT2D eigenvalue weighted by Crippen LogP contribution is -2.57. The SMILES string of the molecule is CC(=O)N1CCO[C@](C)(C(=O)Nc2c(C)nn(C)c2C)C1. The molecule has 0 bridgehead atoms. The Balaban J connectivity index is 2.17. The van der Waals surface area contributed by atoms with E-state index in [2.05, 4.69) is 10.4 Å². The van der Waals surface area contributed by atoms with Gasteiger partial charge in [0.15, 0.2) is 5.60 Å². The maximum Gasteiger partial charge on any atom is 0.258 e. The van der Waals surface area contributed by atoms with Gasteiger partial charge >= 0.3 is 0 Å². The molecule has 1 fully saturated rings. The number of nitrogens with one attached hydrogen (secondary N) is 1. The molecule has 0 aromatic carbocycles. The first kappa shape index (κ1) is 15.5. The summed E-state index contributed by atoms with van der Waals surface area (Å²) in [4.78, 5) is 25.7. The molecule has 0 unspecified atom stereocenters. The summed E-state index contributed by atoms with van der Waals surface area (Å²) in [7, 11) is 1.83. The molecule has 2 heterocycles. The third kappa shape index (κ3) is 2.92. The van der Waals surface area contributed by atoms with Crippen molar-refractivity contribution in [1.82, 2.24) is 14.7 Å². The molecule has 116 valence electrons. The Morgan fingerprint density at radius 2 is 2.05 bits per heavy atom. The quantitative estimate of drug-likeness (QED) is 0.867. The molecule has 21 heavy (non-hydrogen) atoms. The number of anilines is 1. The maximum atomic E-state index is 12.6. The van der Waals surface area contributed by atoms with Gasteiger partial charge in [0, 0.05) is 20.5 Å². The van der Waals surface area contributed by atoms with Crippen LogP contribution in [0.15, 0.2) is 0 Å². The molecule has 1 atom stereocenters. The van der Waals surface area contributed by atoms with Crippen molar-refractivity contribution in [3.8, 4) is 0 Å². The molecule has 7 nitrogen and oxygen atoms in total. The Hall–Kier alpha value is -1.89. The molecule has 1 aliphatic rings. The number of morpholine rings is 1. The average Bonchev–Trinajstić information content (AvgIpc) is 2.65. The van der Waals surface area contributed by atoms with Gasteiger partial charge in [0.1, 0.15) is 0 Å². The highest BCUT2D eigenvalue weighted by atomic mass is 16.5. The molecule has 0 spiro atoms. The summed E-state index contributed by atoms with van der Waals surface area (Å²) < 4.78 is 7.35. The predicted octanol–water partition coefficient (Wildman–Crippen LogP) is 0.613. The summed E-state index contributed by atoms with van der Waals surface area (Å²) in [5.74, 6) is -0.307. The molecule has 2 amide bonds. The Morgan fingerprint density at radius 1 is 1.38 bits per heavy atom. The van der Waals surface area contributed by atoms with Gasteiger partial charge in [-0.3, -0.25) is 14.3 Å². The van der Waals surface area contributed by atoms with Gasteiger partial charge in [-0.25, -0.2) is 0 Å². The van der Waals surface area contributed by atoms with Crippen LogP contribution in [0, 0.1) is 13.8 Å². The largest absolute Gasteiger partial charge is 0.362 e. The minimum Gasteiger partial charge on any atom is -0.362 e. The van der Waals surface area contributed by atoms with E-state index in [0.717, 1.165) is 11.4 Å². The summed E-state index contributed by atoms with van der Waals surface area (Å²) in [5, 5.41) is 7.16. The molecule has 1 N–H and O–H groups in total. The predicted molar refractivity (Wildman–Crippen MR) is 77.9 cm³/mol. The van der Waals surface area contributed by atoms with Crippen LogP contribution in [0.4, 0.5) is 5.69 Å². The Morgan fingerprint density at radius 3 is 2.57 bits per heavy atom. The second kappa shape index (κ2) is 5.48. The van der Waals surface area contributed by atoms with Crippen molar-refractivity contribution >= 4 is 17.5 Å². The van der Waals surface area contributed by atoms with Gasteiger partial charge in [-0.05, 0) is 20.8 Å². The lowest BCUT2D eigenvalue weighted by molar-refractivity contribution is -0.158. The Kier molecular flexibility index (Phi) is 4.04. The second-order valence-corrected chi connectivity index (χ2v) is 5.64. The monoisotopic (exact) mass is 294 g/mol. The van der Waals surface area contributed by atoms with Crippen LogP contribution >= 0.6 is 0 Å². The number of ether oxygens (including phenoxy) is 1. The fourth-order valence-corrected chi connectivity index (χ4v) is 2.48. The van der Waals surface area contributed by atoms with Crippen molar-refractivity contribution in [3.63, 3.8) is 0 Å². The lowest BCUT2D eigenvalue weighted by atomic mass is 10.0. The molecule has 1 aromatic rings. The fourth-order valence-electron chi connectivity index (χ4n) is 2.48. The first-order valence-electron chi connectivity index (χ1n) is 6.96. The summed E-state index contributed by atoms with van der Waals surface area (Å²) >= 11 is 0. The third-order valence-corrected chi connectivity index (χ3v) is 3.95. The normalized spacial score (nSPS) is 22.2. The zero-order valence-electron chi connectivity index (χ0n) is 13.2. The van der Waals surface area contributed by atoms with Crippen LogP contribution in [-0.2, 0) is 21.4 Å². The number of carbonyl (C=O) groups excluding carboxylic acids is 2. The van der Waals surface area contributed by atoms with Crippen LogP contribution in [0.2, 0.25) is 0 Å². The van der Waals surface area contributed by atoms with Gasteiger partial charge in [0.05, 0.1) is 30.2 Å². The number of amides is 2. The molecule has 0 saturated carbocycles. The van der Waals surface area contributed by atoms with E-state index >= 15 is 0 Å². The van der Waals surface area contributed by atoms with Crippen molar-refractivity contribution in [2.45, 2.75) is 33.3 Å². The summed E-state index contributed by atoms with van der Waals surface area (Å²) in [5.41, 5.74) is 1.29. The molecule has 0 aliphatic carbocycles. The van der Waals surface area contributed by atoms with Crippen molar-refractivity contribution in [3.05, 3.63) is 11.4 Å². The van der Waals surface area contributed by atoms with E-state index in [1.54, 1.807) is 16.5 Å². The molecule has 1 aromatic heterocycles. The highest BCUT2D eigenvalue weighted by molar-refractivity contribution is 5.98. The van der Waals surface area contributed by atoms with Gasteiger partial charge in [0.25, 0.3) is 5.91 Å². The van der Waals surface area contributed by atoms with E-state index < -0.39 is 5.60 Å². The van der Waals surface area contributed by atoms with Crippen molar-refractivity contribution in [1.29, 1.82) is 0 Å². The summed E-state index contributed by atoms with van der Waals surface area (Å²) in [6.07, 6.45) is 0. The Labute approximate surface area is 124 Å². The van der Waals surface area contributed by atoms with Crippen LogP contribution in [0.3, 0.4) is 0 Å². The van der Waals surface area contributed by atoms with E-state index in [0.29, 0.717) is 18.8 Å². The van der Waals surface area contributed by atoms with E-state index in [1.165, 1.54) is 6.92 Å². The van der Waals surface area contributed by atoms with Crippen molar-refractivity contribution < 1.29 is 14.3 Å². The first-order valence-corrected chi connectivity index (χ1v) is 6.96. The van der Waals surface area contributed by atoms with Gasteiger partial charge in [-0.15, -0.1) is 0 Å². The van der Waals surface area contributed by atoms with Gasteiger partial charge < -0.3 is 15.0 Å². The minimum absolute atomic E-state index is 0.0499. The van der Waals surface area contributed by atoms with E-state index in [1.807, 2.05) is 20.9 Å². The van der Waals surface area contributed by atoms with Crippen LogP contribution in [-0.4, -0.2) is 51.8 Å². The van der Waals surface area contributed by atoms with Gasteiger partial charge in [-0.2, -0.15) is 5.10 Å². The van der Waals surface area contributed by atoms with E-state index in [4.69, 9.17) is 4.74 Å². The van der Waals surface area contributed by atoms with E-state index in [9.17, 15) is 9.59 Å². The maximum absolute atomic E-state index is 12.6. The third-order valence-electron chi connectivity index (χ3n) is 3.95. The summed E-state index contributed by atoms with van der Waals surface area (Å²) in [6.45, 7) is 8.07. The Bertz CT molecular complexity index is 581. The number of aromatic nitrogens is 2. The van der Waals surface area contributed by atoms with Crippen LogP contribution < -0.4 is 5.32 Å². The van der Waals surface area contributed by atoms with Crippen molar-refractivity contribution in [2.24, 2.45) is 7.05 Å². The molecule has 2 rings (SSSR count). The molecule has 7 heteroatoms. The standard InChI is InChI=1S/C14H22N4O3/c1-9-12(10(2)17(5)16-9)15-13(20)14(4)8-18(11(3)19)6-7-21-14/h6-8H2,1-5H3,(H,15,20)/t14-/m0/s1. The fraction of sp³-hybridized carbons (Fsp3) is 0.643. The number of hydrogen-bond donors (Lipinski definition) is 1. The van der Waals surface area contributed by atoms with Crippen LogP contribution in [0.1, 0.15) is 25.2 Å². The minimum atomic E-state index is -1.04. The van der Waals surface area contributed by atoms with Gasteiger partial charge in [0.2, 0.25) is 5.91 Å². The van der Waals surface area contributed by atoms with Gasteiger partial charge in [-0.1, -0.05) is 0 Å². The highest BCUT2D eigenvalue weighted by Crippen LogP contribution is 2.23.